The Kier molecular flexibility index (Phi) is 4.61. The standard InChI is InChI=1S/C21H22F2/c1-3-5-15-6-7-17-13-18(9-8-16(17)10-15)21-19(22)11-14(4-2)12-20(21)23/h4,6-7,10-12,18H,2-3,5,8-9,13H2,1H3. The summed E-state index contributed by atoms with van der Waals surface area (Å²) in [7, 11) is 0. The fraction of sp³-hybridized carbons (Fsp3) is 0.333. The van der Waals surface area contributed by atoms with Crippen LogP contribution < -0.4 is 0 Å². The molecule has 1 aliphatic carbocycles. The predicted octanol–water partition coefficient (Wildman–Crippen LogP) is 5.83. The summed E-state index contributed by atoms with van der Waals surface area (Å²) >= 11 is 0. The topological polar surface area (TPSA) is 0 Å². The third kappa shape index (κ3) is 3.21. The Bertz CT molecular complexity index is 708. The first kappa shape index (κ1) is 15.9. The lowest BCUT2D eigenvalue weighted by Gasteiger charge is -2.26. The highest BCUT2D eigenvalue weighted by atomic mass is 19.1. The van der Waals surface area contributed by atoms with Crippen molar-refractivity contribution in [2.75, 3.05) is 0 Å². The molecule has 1 aliphatic rings. The predicted molar refractivity (Wildman–Crippen MR) is 91.7 cm³/mol. The third-order valence-electron chi connectivity index (χ3n) is 4.78. The molecule has 120 valence electrons. The Morgan fingerprint density at radius 1 is 1.13 bits per heavy atom. The van der Waals surface area contributed by atoms with Crippen molar-refractivity contribution in [1.82, 2.24) is 0 Å². The summed E-state index contributed by atoms with van der Waals surface area (Å²) in [4.78, 5) is 0. The van der Waals surface area contributed by atoms with Crippen molar-refractivity contribution in [1.29, 1.82) is 0 Å². The van der Waals surface area contributed by atoms with E-state index in [1.807, 2.05) is 0 Å². The van der Waals surface area contributed by atoms with Gasteiger partial charge >= 0.3 is 0 Å². The van der Waals surface area contributed by atoms with Crippen LogP contribution in [0.2, 0.25) is 0 Å². The molecule has 23 heavy (non-hydrogen) atoms. The Hall–Kier alpha value is -1.96. The van der Waals surface area contributed by atoms with Gasteiger partial charge < -0.3 is 0 Å². The summed E-state index contributed by atoms with van der Waals surface area (Å²) in [5, 5.41) is 0. The number of benzene rings is 2. The minimum Gasteiger partial charge on any atom is -0.207 e. The molecule has 0 heterocycles. The summed E-state index contributed by atoms with van der Waals surface area (Å²) in [5.41, 5.74) is 4.66. The summed E-state index contributed by atoms with van der Waals surface area (Å²) in [6.45, 7) is 5.75. The smallest absolute Gasteiger partial charge is 0.130 e. The van der Waals surface area contributed by atoms with Gasteiger partial charge in [-0.2, -0.15) is 0 Å². The molecule has 2 aromatic carbocycles. The maximum absolute atomic E-state index is 14.3. The largest absolute Gasteiger partial charge is 0.207 e. The lowest BCUT2D eigenvalue weighted by Crippen LogP contribution is -2.16. The summed E-state index contributed by atoms with van der Waals surface area (Å²) in [6.07, 6.45) is 6.09. The number of halogens is 2. The van der Waals surface area contributed by atoms with Gasteiger partial charge in [0, 0.05) is 5.56 Å². The van der Waals surface area contributed by atoms with Crippen molar-refractivity contribution in [3.63, 3.8) is 0 Å². The zero-order valence-electron chi connectivity index (χ0n) is 13.5. The van der Waals surface area contributed by atoms with E-state index in [1.165, 1.54) is 34.9 Å². The summed E-state index contributed by atoms with van der Waals surface area (Å²) < 4.78 is 28.7. The number of rotatable bonds is 4. The molecule has 0 amide bonds. The average molecular weight is 312 g/mol. The number of aryl methyl sites for hydroxylation is 2. The fourth-order valence-corrected chi connectivity index (χ4v) is 3.61. The molecule has 1 atom stereocenters. The molecule has 0 aromatic heterocycles. The second-order valence-corrected chi connectivity index (χ2v) is 6.40. The molecular weight excluding hydrogens is 290 g/mol. The van der Waals surface area contributed by atoms with Gasteiger partial charge in [0.15, 0.2) is 0 Å². The van der Waals surface area contributed by atoms with Gasteiger partial charge in [0.25, 0.3) is 0 Å². The van der Waals surface area contributed by atoms with Crippen molar-refractivity contribution in [3.05, 3.63) is 76.4 Å². The average Bonchev–Trinajstić information content (AvgIpc) is 2.54. The van der Waals surface area contributed by atoms with Gasteiger partial charge in [-0.3, -0.25) is 0 Å². The van der Waals surface area contributed by atoms with Crippen molar-refractivity contribution >= 4 is 6.08 Å². The lowest BCUT2D eigenvalue weighted by atomic mass is 9.79. The summed E-state index contributed by atoms with van der Waals surface area (Å²) in [5.74, 6) is -0.981. The second-order valence-electron chi connectivity index (χ2n) is 6.40. The van der Waals surface area contributed by atoms with Gasteiger partial charge in [0.2, 0.25) is 0 Å². The second kappa shape index (κ2) is 6.66. The maximum atomic E-state index is 14.3. The summed E-state index contributed by atoms with van der Waals surface area (Å²) in [6, 6.07) is 9.32. The zero-order valence-corrected chi connectivity index (χ0v) is 13.5. The lowest BCUT2D eigenvalue weighted by molar-refractivity contribution is 0.491. The Labute approximate surface area is 136 Å². The van der Waals surface area contributed by atoms with E-state index in [0.717, 1.165) is 25.7 Å². The van der Waals surface area contributed by atoms with E-state index in [2.05, 4.69) is 31.7 Å². The molecule has 2 aromatic rings. The monoisotopic (exact) mass is 312 g/mol. The first-order valence-electron chi connectivity index (χ1n) is 8.34. The van der Waals surface area contributed by atoms with Gasteiger partial charge in [-0.05, 0) is 66.0 Å². The van der Waals surface area contributed by atoms with E-state index in [0.29, 0.717) is 12.0 Å². The van der Waals surface area contributed by atoms with Gasteiger partial charge in [-0.25, -0.2) is 8.78 Å². The molecule has 2 heteroatoms. The van der Waals surface area contributed by atoms with E-state index >= 15 is 0 Å². The van der Waals surface area contributed by atoms with Crippen LogP contribution in [0.1, 0.15) is 53.5 Å². The molecule has 0 radical (unpaired) electrons. The highest BCUT2D eigenvalue weighted by molar-refractivity contribution is 5.49. The van der Waals surface area contributed by atoms with Crippen LogP contribution in [-0.2, 0) is 19.3 Å². The van der Waals surface area contributed by atoms with Gasteiger partial charge in [-0.15, -0.1) is 0 Å². The Balaban J connectivity index is 1.89. The molecule has 0 spiro atoms. The van der Waals surface area contributed by atoms with Crippen LogP contribution in [0.5, 0.6) is 0 Å². The number of hydrogen-bond donors (Lipinski definition) is 0. The molecule has 0 nitrogen and oxygen atoms in total. The normalized spacial score (nSPS) is 16.9. The molecule has 3 rings (SSSR count). The molecule has 0 saturated heterocycles. The third-order valence-corrected chi connectivity index (χ3v) is 4.78. The first-order chi connectivity index (χ1) is 11.1. The molecule has 0 fully saturated rings. The van der Waals surface area contributed by atoms with Crippen LogP contribution in [-0.4, -0.2) is 0 Å². The van der Waals surface area contributed by atoms with E-state index < -0.39 is 11.6 Å². The number of hydrogen-bond acceptors (Lipinski definition) is 0. The van der Waals surface area contributed by atoms with Crippen molar-refractivity contribution in [2.24, 2.45) is 0 Å². The number of fused-ring (bicyclic) bond motifs is 1. The van der Waals surface area contributed by atoms with Gasteiger partial charge in [0.1, 0.15) is 11.6 Å². The van der Waals surface area contributed by atoms with Crippen molar-refractivity contribution in [2.45, 2.75) is 44.9 Å². The Morgan fingerprint density at radius 3 is 2.52 bits per heavy atom. The van der Waals surface area contributed by atoms with Gasteiger partial charge in [0.05, 0.1) is 0 Å². The van der Waals surface area contributed by atoms with Crippen molar-refractivity contribution < 1.29 is 8.78 Å². The SMILES string of the molecule is C=Cc1cc(F)c(C2CCc3cc(CCC)ccc3C2)c(F)c1. The van der Waals surface area contributed by atoms with Crippen LogP contribution in [0.4, 0.5) is 8.78 Å². The van der Waals surface area contributed by atoms with Crippen LogP contribution in [0, 0.1) is 11.6 Å². The molecule has 0 aliphatic heterocycles. The highest BCUT2D eigenvalue weighted by Gasteiger charge is 2.25. The molecular formula is C21H22F2. The van der Waals surface area contributed by atoms with Crippen LogP contribution in [0.15, 0.2) is 36.9 Å². The fourth-order valence-electron chi connectivity index (χ4n) is 3.61. The van der Waals surface area contributed by atoms with Gasteiger partial charge in [-0.1, -0.05) is 44.2 Å². The highest BCUT2D eigenvalue weighted by Crippen LogP contribution is 2.36. The van der Waals surface area contributed by atoms with E-state index in [-0.39, 0.29) is 11.5 Å². The molecule has 0 N–H and O–H groups in total. The van der Waals surface area contributed by atoms with E-state index in [9.17, 15) is 8.78 Å². The minimum atomic E-state index is -0.448. The van der Waals surface area contributed by atoms with Crippen LogP contribution in [0.3, 0.4) is 0 Å². The first-order valence-corrected chi connectivity index (χ1v) is 8.34. The molecule has 0 bridgehead atoms. The van der Waals surface area contributed by atoms with E-state index in [4.69, 9.17) is 0 Å². The van der Waals surface area contributed by atoms with E-state index in [1.54, 1.807) is 0 Å². The quantitative estimate of drug-likeness (QED) is 0.666. The minimum absolute atomic E-state index is 0.0848. The van der Waals surface area contributed by atoms with Crippen LogP contribution >= 0.6 is 0 Å². The zero-order chi connectivity index (χ0) is 16.4. The van der Waals surface area contributed by atoms with Crippen LogP contribution in [0.25, 0.3) is 6.08 Å². The van der Waals surface area contributed by atoms with Crippen molar-refractivity contribution in [3.8, 4) is 0 Å². The molecule has 0 saturated carbocycles. The molecule has 1 unspecified atom stereocenters. The Morgan fingerprint density at radius 2 is 1.87 bits per heavy atom. The maximum Gasteiger partial charge on any atom is 0.130 e.